The summed E-state index contributed by atoms with van der Waals surface area (Å²) < 4.78 is 5.63. The van der Waals surface area contributed by atoms with E-state index in [-0.39, 0.29) is 6.04 Å². The zero-order valence-electron chi connectivity index (χ0n) is 10.2. The highest BCUT2D eigenvalue weighted by molar-refractivity contribution is 7.10. The van der Waals surface area contributed by atoms with Crippen LogP contribution in [-0.4, -0.2) is 6.61 Å². The third kappa shape index (κ3) is 3.22. The van der Waals surface area contributed by atoms with Crippen LogP contribution < -0.4 is 10.5 Å². The fourth-order valence-corrected chi connectivity index (χ4v) is 2.53. The lowest BCUT2D eigenvalue weighted by molar-refractivity contribution is 0.358. The average Bonchev–Trinajstić information content (AvgIpc) is 2.91. The average molecular weight is 259 g/mol. The Morgan fingerprint density at radius 1 is 1.28 bits per heavy atom. The van der Waals surface area contributed by atoms with Crippen LogP contribution in [0.15, 0.2) is 54.4 Å². The number of hydrogen-bond donors (Lipinski definition) is 1. The van der Waals surface area contributed by atoms with E-state index in [0.717, 1.165) is 17.7 Å². The second-order valence-corrected chi connectivity index (χ2v) is 5.01. The third-order valence-corrected chi connectivity index (χ3v) is 3.68. The van der Waals surface area contributed by atoms with E-state index in [2.05, 4.69) is 24.1 Å². The Labute approximate surface area is 112 Å². The van der Waals surface area contributed by atoms with Crippen LogP contribution in [0.1, 0.15) is 16.5 Å². The summed E-state index contributed by atoms with van der Waals surface area (Å²) in [7, 11) is 0. The second kappa shape index (κ2) is 6.38. The SMILES string of the molecule is C=CCOc1ccccc1CC(N)c1cccs1. The zero-order chi connectivity index (χ0) is 12.8. The summed E-state index contributed by atoms with van der Waals surface area (Å²) in [5.41, 5.74) is 7.34. The molecule has 2 rings (SSSR count). The third-order valence-electron chi connectivity index (χ3n) is 2.68. The second-order valence-electron chi connectivity index (χ2n) is 4.03. The summed E-state index contributed by atoms with van der Waals surface area (Å²) >= 11 is 1.69. The molecule has 0 saturated heterocycles. The molecular formula is C15H17NOS. The topological polar surface area (TPSA) is 35.2 Å². The molecule has 0 spiro atoms. The van der Waals surface area contributed by atoms with Gasteiger partial charge in [0.1, 0.15) is 12.4 Å². The van der Waals surface area contributed by atoms with Crippen LogP contribution in [-0.2, 0) is 6.42 Å². The van der Waals surface area contributed by atoms with E-state index in [4.69, 9.17) is 10.5 Å². The maximum absolute atomic E-state index is 6.20. The van der Waals surface area contributed by atoms with Gasteiger partial charge in [-0.05, 0) is 29.5 Å². The molecule has 0 radical (unpaired) electrons. The molecule has 1 atom stereocenters. The maximum atomic E-state index is 6.20. The first-order chi connectivity index (χ1) is 8.81. The van der Waals surface area contributed by atoms with Crippen LogP contribution >= 0.6 is 11.3 Å². The first-order valence-electron chi connectivity index (χ1n) is 5.92. The molecule has 0 amide bonds. The minimum atomic E-state index is 0.0264. The summed E-state index contributed by atoms with van der Waals surface area (Å²) in [4.78, 5) is 1.20. The molecule has 1 heterocycles. The van der Waals surface area contributed by atoms with Crippen molar-refractivity contribution >= 4 is 11.3 Å². The van der Waals surface area contributed by atoms with E-state index >= 15 is 0 Å². The first-order valence-corrected chi connectivity index (χ1v) is 6.80. The van der Waals surface area contributed by atoms with E-state index in [1.165, 1.54) is 4.88 Å². The fourth-order valence-electron chi connectivity index (χ4n) is 1.80. The largest absolute Gasteiger partial charge is 0.489 e. The maximum Gasteiger partial charge on any atom is 0.123 e. The summed E-state index contributed by atoms with van der Waals surface area (Å²) in [5.74, 6) is 0.893. The quantitative estimate of drug-likeness (QED) is 0.805. The van der Waals surface area contributed by atoms with Gasteiger partial charge in [-0.15, -0.1) is 11.3 Å². The minimum absolute atomic E-state index is 0.0264. The lowest BCUT2D eigenvalue weighted by atomic mass is 10.0. The summed E-state index contributed by atoms with van der Waals surface area (Å²) in [5, 5.41) is 2.05. The highest BCUT2D eigenvalue weighted by atomic mass is 32.1. The van der Waals surface area contributed by atoms with Crippen molar-refractivity contribution in [2.24, 2.45) is 5.73 Å². The van der Waals surface area contributed by atoms with E-state index in [9.17, 15) is 0 Å². The van der Waals surface area contributed by atoms with Crippen LogP contribution in [0.4, 0.5) is 0 Å². The molecule has 3 heteroatoms. The zero-order valence-corrected chi connectivity index (χ0v) is 11.0. The fraction of sp³-hybridized carbons (Fsp3) is 0.200. The molecule has 1 unspecified atom stereocenters. The van der Waals surface area contributed by atoms with Crippen LogP contribution in [0.25, 0.3) is 0 Å². The summed E-state index contributed by atoms with van der Waals surface area (Å²) in [6.07, 6.45) is 2.53. The molecule has 0 aliphatic carbocycles. The van der Waals surface area contributed by atoms with Crippen molar-refractivity contribution in [2.45, 2.75) is 12.5 Å². The normalized spacial score (nSPS) is 12.1. The molecule has 0 fully saturated rings. The molecule has 2 N–H and O–H groups in total. The molecule has 2 aromatic rings. The highest BCUT2D eigenvalue weighted by Crippen LogP contribution is 2.25. The van der Waals surface area contributed by atoms with Crippen molar-refractivity contribution in [1.29, 1.82) is 0 Å². The number of para-hydroxylation sites is 1. The van der Waals surface area contributed by atoms with Crippen molar-refractivity contribution in [2.75, 3.05) is 6.61 Å². The van der Waals surface area contributed by atoms with E-state index < -0.39 is 0 Å². The summed E-state index contributed by atoms with van der Waals surface area (Å²) in [6, 6.07) is 12.1. The Hall–Kier alpha value is -1.58. The Bertz CT molecular complexity index is 493. The molecular weight excluding hydrogens is 242 g/mol. The van der Waals surface area contributed by atoms with Gasteiger partial charge in [0.2, 0.25) is 0 Å². The Morgan fingerprint density at radius 2 is 2.11 bits per heavy atom. The molecule has 0 saturated carbocycles. The van der Waals surface area contributed by atoms with Crippen molar-refractivity contribution in [3.8, 4) is 5.75 Å². The highest BCUT2D eigenvalue weighted by Gasteiger charge is 2.11. The van der Waals surface area contributed by atoms with Crippen LogP contribution in [0.2, 0.25) is 0 Å². The van der Waals surface area contributed by atoms with Gasteiger partial charge in [0.25, 0.3) is 0 Å². The molecule has 18 heavy (non-hydrogen) atoms. The van der Waals surface area contributed by atoms with Gasteiger partial charge in [0.05, 0.1) is 0 Å². The van der Waals surface area contributed by atoms with Crippen molar-refractivity contribution in [3.63, 3.8) is 0 Å². The van der Waals surface area contributed by atoms with Gasteiger partial charge >= 0.3 is 0 Å². The van der Waals surface area contributed by atoms with Gasteiger partial charge in [-0.2, -0.15) is 0 Å². The number of rotatable bonds is 6. The van der Waals surface area contributed by atoms with Crippen LogP contribution in [0.5, 0.6) is 5.75 Å². The molecule has 94 valence electrons. The molecule has 1 aromatic carbocycles. The van der Waals surface area contributed by atoms with Gasteiger partial charge in [-0.25, -0.2) is 0 Å². The van der Waals surface area contributed by atoms with Crippen molar-refractivity contribution in [1.82, 2.24) is 0 Å². The monoisotopic (exact) mass is 259 g/mol. The van der Waals surface area contributed by atoms with E-state index in [1.807, 2.05) is 24.3 Å². The van der Waals surface area contributed by atoms with Crippen molar-refractivity contribution in [3.05, 3.63) is 64.9 Å². The van der Waals surface area contributed by atoms with E-state index in [0.29, 0.717) is 6.61 Å². The van der Waals surface area contributed by atoms with E-state index in [1.54, 1.807) is 17.4 Å². The lowest BCUT2D eigenvalue weighted by Gasteiger charge is -2.13. The van der Waals surface area contributed by atoms with Gasteiger partial charge in [-0.1, -0.05) is 36.9 Å². The molecule has 0 aliphatic heterocycles. The van der Waals surface area contributed by atoms with Crippen LogP contribution in [0.3, 0.4) is 0 Å². The molecule has 1 aromatic heterocycles. The predicted octanol–water partition coefficient (Wildman–Crippen LogP) is 3.56. The van der Waals surface area contributed by atoms with Gasteiger partial charge in [0.15, 0.2) is 0 Å². The number of hydrogen-bond acceptors (Lipinski definition) is 3. The lowest BCUT2D eigenvalue weighted by Crippen LogP contribution is -2.12. The Kier molecular flexibility index (Phi) is 4.56. The molecule has 0 bridgehead atoms. The number of nitrogens with two attached hydrogens (primary N) is 1. The van der Waals surface area contributed by atoms with Crippen LogP contribution in [0, 0.1) is 0 Å². The minimum Gasteiger partial charge on any atom is -0.489 e. The van der Waals surface area contributed by atoms with Gasteiger partial charge in [0, 0.05) is 10.9 Å². The Morgan fingerprint density at radius 3 is 2.83 bits per heavy atom. The van der Waals surface area contributed by atoms with Crippen molar-refractivity contribution < 1.29 is 4.74 Å². The summed E-state index contributed by atoms with van der Waals surface area (Å²) in [6.45, 7) is 4.18. The Balaban J connectivity index is 2.10. The first kappa shape index (κ1) is 12.9. The predicted molar refractivity (Wildman–Crippen MR) is 77.1 cm³/mol. The number of ether oxygens (including phenoxy) is 1. The van der Waals surface area contributed by atoms with Gasteiger partial charge < -0.3 is 10.5 Å². The number of benzene rings is 1. The molecule has 0 aliphatic rings. The van der Waals surface area contributed by atoms with Gasteiger partial charge in [-0.3, -0.25) is 0 Å². The standard InChI is InChI=1S/C15H17NOS/c1-2-9-17-14-7-4-3-6-12(14)11-13(16)15-8-5-10-18-15/h2-8,10,13H,1,9,11,16H2. The smallest absolute Gasteiger partial charge is 0.123 e. The number of thiophene rings is 1. The molecule has 2 nitrogen and oxygen atoms in total.